The second kappa shape index (κ2) is 6.80. The Balaban J connectivity index is 2.61. The van der Waals surface area contributed by atoms with Crippen molar-refractivity contribution in [3.05, 3.63) is 34.9 Å². The summed E-state index contributed by atoms with van der Waals surface area (Å²) in [4.78, 5) is 0. The third kappa shape index (κ3) is 3.80. The van der Waals surface area contributed by atoms with Gasteiger partial charge in [0.1, 0.15) is 0 Å². The van der Waals surface area contributed by atoms with Crippen molar-refractivity contribution in [1.29, 1.82) is 0 Å². The summed E-state index contributed by atoms with van der Waals surface area (Å²) < 4.78 is 5.53. The van der Waals surface area contributed by atoms with E-state index in [1.54, 1.807) is 0 Å². The van der Waals surface area contributed by atoms with Crippen molar-refractivity contribution in [2.24, 2.45) is 5.73 Å². The Morgan fingerprint density at radius 2 is 2.13 bits per heavy atom. The van der Waals surface area contributed by atoms with Crippen LogP contribution in [-0.2, 0) is 4.74 Å². The molecule has 3 nitrogen and oxygen atoms in total. The molecule has 1 aromatic carbocycles. The molecule has 0 aliphatic rings. The van der Waals surface area contributed by atoms with Crippen molar-refractivity contribution in [3.63, 3.8) is 0 Å². The minimum Gasteiger partial charge on any atom is -0.396 e. The Bertz CT molecular complexity index is 294. The molecule has 15 heavy (non-hydrogen) atoms. The molecule has 0 bridgehead atoms. The summed E-state index contributed by atoms with van der Waals surface area (Å²) in [5.74, 6) is 0. The van der Waals surface area contributed by atoms with Crippen LogP contribution < -0.4 is 5.73 Å². The van der Waals surface area contributed by atoms with Gasteiger partial charge in [0.05, 0.1) is 6.10 Å². The topological polar surface area (TPSA) is 55.5 Å². The van der Waals surface area contributed by atoms with Gasteiger partial charge in [-0.3, -0.25) is 0 Å². The summed E-state index contributed by atoms with van der Waals surface area (Å²) >= 11 is 6.03. The lowest BCUT2D eigenvalue weighted by atomic mass is 10.1. The predicted molar refractivity (Wildman–Crippen MR) is 60.9 cm³/mol. The van der Waals surface area contributed by atoms with Crippen LogP contribution in [0.15, 0.2) is 24.3 Å². The van der Waals surface area contributed by atoms with Gasteiger partial charge >= 0.3 is 0 Å². The number of nitrogens with two attached hydrogens (primary N) is 1. The fourth-order valence-corrected chi connectivity index (χ4v) is 1.57. The summed E-state index contributed by atoms with van der Waals surface area (Å²) in [7, 11) is 0. The number of benzene rings is 1. The minimum absolute atomic E-state index is 0.125. The monoisotopic (exact) mass is 229 g/mol. The van der Waals surface area contributed by atoms with Gasteiger partial charge < -0.3 is 15.6 Å². The molecule has 4 heteroatoms. The van der Waals surface area contributed by atoms with Crippen molar-refractivity contribution in [2.45, 2.75) is 12.5 Å². The number of aliphatic hydroxyl groups excluding tert-OH is 1. The molecule has 1 rings (SSSR count). The van der Waals surface area contributed by atoms with Crippen LogP contribution in [0, 0.1) is 0 Å². The molecule has 0 saturated carbocycles. The summed E-state index contributed by atoms with van der Waals surface area (Å²) in [5.41, 5.74) is 6.51. The van der Waals surface area contributed by atoms with Crippen molar-refractivity contribution in [1.82, 2.24) is 0 Å². The normalized spacial score (nSPS) is 12.7. The molecular weight excluding hydrogens is 214 g/mol. The molecule has 0 aliphatic heterocycles. The molecule has 1 unspecified atom stereocenters. The quantitative estimate of drug-likeness (QED) is 0.731. The smallest absolute Gasteiger partial charge is 0.0961 e. The molecular formula is C11H16ClNO2. The van der Waals surface area contributed by atoms with Crippen LogP contribution in [0.5, 0.6) is 0 Å². The highest BCUT2D eigenvalue weighted by molar-refractivity contribution is 6.31. The molecule has 0 aliphatic carbocycles. The van der Waals surface area contributed by atoms with Crippen molar-refractivity contribution in [2.75, 3.05) is 19.8 Å². The first-order chi connectivity index (χ1) is 7.29. The van der Waals surface area contributed by atoms with Gasteiger partial charge in [0.25, 0.3) is 0 Å². The fourth-order valence-electron chi connectivity index (χ4n) is 1.31. The maximum atomic E-state index is 8.64. The van der Waals surface area contributed by atoms with Crippen LogP contribution in [-0.4, -0.2) is 24.9 Å². The number of hydrogen-bond acceptors (Lipinski definition) is 3. The number of halogens is 1. The molecule has 1 aromatic rings. The molecule has 0 spiro atoms. The third-order valence-electron chi connectivity index (χ3n) is 2.09. The van der Waals surface area contributed by atoms with E-state index in [9.17, 15) is 0 Å². The molecule has 0 saturated heterocycles. The van der Waals surface area contributed by atoms with Gasteiger partial charge in [-0.25, -0.2) is 0 Å². The lowest BCUT2D eigenvalue weighted by Gasteiger charge is -2.17. The Kier molecular flexibility index (Phi) is 5.65. The van der Waals surface area contributed by atoms with Crippen LogP contribution in [0.25, 0.3) is 0 Å². The van der Waals surface area contributed by atoms with Crippen LogP contribution in [0.4, 0.5) is 0 Å². The average molecular weight is 230 g/mol. The maximum absolute atomic E-state index is 8.64. The zero-order chi connectivity index (χ0) is 11.1. The van der Waals surface area contributed by atoms with E-state index in [2.05, 4.69) is 0 Å². The molecule has 0 aromatic heterocycles. The first-order valence-corrected chi connectivity index (χ1v) is 5.34. The van der Waals surface area contributed by atoms with Gasteiger partial charge in [-0.05, 0) is 12.5 Å². The number of hydrogen-bond donors (Lipinski definition) is 2. The van der Waals surface area contributed by atoms with Crippen LogP contribution >= 0.6 is 11.6 Å². The first-order valence-electron chi connectivity index (χ1n) is 4.96. The van der Waals surface area contributed by atoms with Gasteiger partial charge in [0.15, 0.2) is 0 Å². The predicted octanol–water partition coefficient (Wildman–Crippen LogP) is 1.74. The van der Waals surface area contributed by atoms with E-state index >= 15 is 0 Å². The van der Waals surface area contributed by atoms with Gasteiger partial charge in [-0.15, -0.1) is 0 Å². The number of aliphatic hydroxyl groups is 1. The highest BCUT2D eigenvalue weighted by Gasteiger charge is 2.12. The number of ether oxygens (including phenoxy) is 1. The van der Waals surface area contributed by atoms with Crippen LogP contribution in [0.3, 0.4) is 0 Å². The van der Waals surface area contributed by atoms with E-state index in [1.165, 1.54) is 0 Å². The van der Waals surface area contributed by atoms with Crippen molar-refractivity contribution >= 4 is 11.6 Å². The number of rotatable bonds is 6. The highest BCUT2D eigenvalue weighted by Crippen LogP contribution is 2.24. The maximum Gasteiger partial charge on any atom is 0.0961 e. The fraction of sp³-hybridized carbons (Fsp3) is 0.455. The standard InChI is InChI=1S/C11H16ClNO2/c12-10-5-2-1-4-9(10)11(8-13)15-7-3-6-14/h1-2,4-5,11,14H,3,6-8,13H2. The lowest BCUT2D eigenvalue weighted by molar-refractivity contribution is 0.0489. The minimum atomic E-state index is -0.190. The zero-order valence-corrected chi connectivity index (χ0v) is 9.28. The summed E-state index contributed by atoms with van der Waals surface area (Å²) in [6.45, 7) is 0.999. The van der Waals surface area contributed by atoms with Crippen LogP contribution in [0.1, 0.15) is 18.1 Å². The Morgan fingerprint density at radius 1 is 1.40 bits per heavy atom. The van der Waals surface area contributed by atoms with E-state index in [1.807, 2.05) is 24.3 Å². The highest BCUT2D eigenvalue weighted by atomic mass is 35.5. The van der Waals surface area contributed by atoms with Crippen molar-refractivity contribution < 1.29 is 9.84 Å². The zero-order valence-electron chi connectivity index (χ0n) is 8.53. The first kappa shape index (κ1) is 12.5. The second-order valence-corrected chi connectivity index (χ2v) is 3.60. The Morgan fingerprint density at radius 3 is 2.73 bits per heavy atom. The average Bonchev–Trinajstić information content (AvgIpc) is 2.26. The van der Waals surface area contributed by atoms with Gasteiger partial charge in [-0.1, -0.05) is 29.8 Å². The molecule has 1 atom stereocenters. The largest absolute Gasteiger partial charge is 0.396 e. The van der Waals surface area contributed by atoms with Crippen molar-refractivity contribution in [3.8, 4) is 0 Å². The lowest BCUT2D eigenvalue weighted by Crippen LogP contribution is -2.17. The second-order valence-electron chi connectivity index (χ2n) is 3.19. The SMILES string of the molecule is NCC(OCCCO)c1ccccc1Cl. The van der Waals surface area contributed by atoms with E-state index in [0.717, 1.165) is 5.56 Å². The molecule has 0 amide bonds. The Labute approximate surface area is 94.8 Å². The summed E-state index contributed by atoms with van der Waals surface area (Å²) in [6, 6.07) is 7.49. The Hall–Kier alpha value is -0.610. The molecule has 0 radical (unpaired) electrons. The van der Waals surface area contributed by atoms with Crippen LogP contribution in [0.2, 0.25) is 5.02 Å². The summed E-state index contributed by atoms with van der Waals surface area (Å²) in [6.07, 6.45) is 0.422. The molecule has 0 heterocycles. The van der Waals surface area contributed by atoms with E-state index in [4.69, 9.17) is 27.2 Å². The third-order valence-corrected chi connectivity index (χ3v) is 2.43. The van der Waals surface area contributed by atoms with E-state index in [-0.39, 0.29) is 12.7 Å². The van der Waals surface area contributed by atoms with Gasteiger partial charge in [-0.2, -0.15) is 0 Å². The molecule has 84 valence electrons. The molecule has 3 N–H and O–H groups in total. The van der Waals surface area contributed by atoms with Gasteiger partial charge in [0.2, 0.25) is 0 Å². The molecule has 0 fully saturated rings. The summed E-state index contributed by atoms with van der Waals surface area (Å²) in [5, 5.41) is 9.30. The van der Waals surface area contributed by atoms with E-state index < -0.39 is 0 Å². The van der Waals surface area contributed by atoms with Gasteiger partial charge in [0, 0.05) is 30.3 Å². The van der Waals surface area contributed by atoms with E-state index in [0.29, 0.717) is 24.6 Å².